The second-order valence-corrected chi connectivity index (χ2v) is 9.71. The molecule has 9 heteroatoms. The Kier molecular flexibility index (Phi) is 8.43. The summed E-state index contributed by atoms with van der Waals surface area (Å²) >= 11 is 0. The van der Waals surface area contributed by atoms with Crippen molar-refractivity contribution in [3.05, 3.63) is 103 Å². The van der Waals surface area contributed by atoms with E-state index in [4.69, 9.17) is 14.2 Å². The molecule has 1 aromatic heterocycles. The van der Waals surface area contributed by atoms with Crippen LogP contribution in [0.2, 0.25) is 0 Å². The second-order valence-electron chi connectivity index (χ2n) is 9.71. The number of hydrogen-bond acceptors (Lipinski definition) is 8. The van der Waals surface area contributed by atoms with E-state index in [2.05, 4.69) is 35.6 Å². The lowest BCUT2D eigenvalue weighted by Gasteiger charge is -2.43. The molecule has 2 aromatic carbocycles. The van der Waals surface area contributed by atoms with Crippen LogP contribution in [0.25, 0.3) is 16.3 Å². The highest BCUT2D eigenvalue weighted by atomic mass is 16.7. The maximum Gasteiger partial charge on any atom is 0.508 e. The summed E-state index contributed by atoms with van der Waals surface area (Å²) in [5.74, 6) is -0.409. The minimum atomic E-state index is -0.810. The van der Waals surface area contributed by atoms with E-state index in [-0.39, 0.29) is 37.5 Å². The third-order valence-electron chi connectivity index (χ3n) is 7.20. The molecule has 9 nitrogen and oxygen atoms in total. The van der Waals surface area contributed by atoms with Gasteiger partial charge in [0.05, 0.1) is 18.6 Å². The number of nitrogens with zero attached hydrogens (tertiary/aromatic N) is 2. The molecule has 3 heterocycles. The van der Waals surface area contributed by atoms with Gasteiger partial charge in [0.15, 0.2) is 0 Å². The maximum absolute atomic E-state index is 13.3. The molecule has 1 fully saturated rings. The minimum Gasteiger partial charge on any atom is -0.457 e. The number of benzene rings is 2. The number of carbonyl (C=O) groups is 3. The zero-order valence-electron chi connectivity index (χ0n) is 22.6. The van der Waals surface area contributed by atoms with Crippen LogP contribution < -0.4 is 5.32 Å². The molecule has 2 aliphatic heterocycles. The molecule has 1 saturated heterocycles. The number of β-lactam (4-membered cyclic amide) rings is 1. The Bertz CT molecular complexity index is 1520. The van der Waals surface area contributed by atoms with Crippen LogP contribution in [0.1, 0.15) is 24.0 Å². The first kappa shape index (κ1) is 27.6. The Morgan fingerprint density at radius 1 is 1.02 bits per heavy atom. The lowest BCUT2D eigenvalue weighted by atomic mass is 9.83. The van der Waals surface area contributed by atoms with Gasteiger partial charge < -0.3 is 24.4 Å². The molecule has 1 amide bonds. The Morgan fingerprint density at radius 3 is 2.59 bits per heavy atom. The Labute approximate surface area is 238 Å². The van der Waals surface area contributed by atoms with Gasteiger partial charge in [-0.1, -0.05) is 55.6 Å². The first-order chi connectivity index (χ1) is 20.0. The number of esters is 1. The van der Waals surface area contributed by atoms with E-state index in [1.54, 1.807) is 6.20 Å². The van der Waals surface area contributed by atoms with Crippen molar-refractivity contribution in [3.63, 3.8) is 0 Å². The summed E-state index contributed by atoms with van der Waals surface area (Å²) in [6.45, 7) is 7.74. The zero-order valence-corrected chi connectivity index (χ0v) is 22.6. The fourth-order valence-electron chi connectivity index (χ4n) is 5.36. The van der Waals surface area contributed by atoms with E-state index in [0.29, 0.717) is 19.4 Å². The summed E-state index contributed by atoms with van der Waals surface area (Å²) in [6.07, 6.45) is 4.65. The van der Waals surface area contributed by atoms with E-state index in [1.165, 1.54) is 17.1 Å². The number of fused-ring (bicyclic) bond motifs is 2. The smallest absolute Gasteiger partial charge is 0.457 e. The second kappa shape index (κ2) is 12.5. The predicted molar refractivity (Wildman–Crippen MR) is 154 cm³/mol. The molecular weight excluding hydrogens is 522 g/mol. The lowest BCUT2D eigenvalue weighted by molar-refractivity contribution is -0.157. The summed E-state index contributed by atoms with van der Waals surface area (Å²) in [4.78, 5) is 44.1. The Morgan fingerprint density at radius 2 is 1.80 bits per heavy atom. The third-order valence-corrected chi connectivity index (χ3v) is 7.20. The fraction of sp³-hybridized carbons (Fsp3) is 0.250. The molecule has 0 bridgehead atoms. The third kappa shape index (κ3) is 5.84. The van der Waals surface area contributed by atoms with E-state index in [1.807, 2.05) is 42.5 Å². The maximum atomic E-state index is 13.3. The number of aromatic nitrogens is 1. The van der Waals surface area contributed by atoms with Gasteiger partial charge in [0.2, 0.25) is 5.91 Å². The largest absolute Gasteiger partial charge is 0.508 e. The summed E-state index contributed by atoms with van der Waals surface area (Å²) in [5.41, 5.74) is 2.87. The molecule has 0 saturated carbocycles. The fourth-order valence-corrected chi connectivity index (χ4v) is 5.36. The average molecular weight is 554 g/mol. The van der Waals surface area contributed by atoms with Crippen LogP contribution in [0, 0.1) is 5.92 Å². The summed E-state index contributed by atoms with van der Waals surface area (Å²) < 4.78 is 15.4. The van der Waals surface area contributed by atoms with Crippen LogP contribution in [-0.4, -0.2) is 53.8 Å². The number of rotatable bonds is 12. The molecule has 3 aromatic rings. The number of hydrogen-bond donors (Lipinski definition) is 1. The van der Waals surface area contributed by atoms with Gasteiger partial charge in [0, 0.05) is 12.7 Å². The summed E-state index contributed by atoms with van der Waals surface area (Å²) in [5, 5.41) is 5.46. The van der Waals surface area contributed by atoms with E-state index < -0.39 is 18.0 Å². The Hall–Kier alpha value is -4.92. The molecule has 41 heavy (non-hydrogen) atoms. The predicted octanol–water partition coefficient (Wildman–Crippen LogP) is 5.25. The van der Waals surface area contributed by atoms with Crippen LogP contribution in [0.15, 0.2) is 91.8 Å². The molecule has 5 rings (SSSR count). The van der Waals surface area contributed by atoms with Gasteiger partial charge in [0.1, 0.15) is 24.7 Å². The molecular formula is C32H31N3O6. The number of ether oxygens (including phenoxy) is 3. The number of nitrogens with one attached hydrogen (secondary N) is 1. The van der Waals surface area contributed by atoms with Gasteiger partial charge in [-0.15, -0.1) is 0 Å². The van der Waals surface area contributed by atoms with Crippen LogP contribution in [-0.2, 0) is 30.3 Å². The topological polar surface area (TPSA) is 107 Å². The van der Waals surface area contributed by atoms with Crippen molar-refractivity contribution in [1.82, 2.24) is 9.88 Å². The van der Waals surface area contributed by atoms with Crippen molar-refractivity contribution in [2.75, 3.05) is 25.1 Å². The standard InChI is InChI=1S/C32H31N3O6/c1-3-14-39-31(37)29-26(19-27-25(30(36)35(27)29)12-16-41-32(38)40-15-4-2)22-17-21-9-5-6-10-24(21)23(18-22)20-34-28-11-7-8-13-33-28/h3-11,13,17-18,25,27H,1-2,12,14-16,19-20H2,(H,33,34)/t25-,27+/m0/s1. The van der Waals surface area contributed by atoms with Gasteiger partial charge in [0.25, 0.3) is 0 Å². The molecule has 0 radical (unpaired) electrons. The quantitative estimate of drug-likeness (QED) is 0.184. The van der Waals surface area contributed by atoms with Gasteiger partial charge in [-0.25, -0.2) is 14.6 Å². The highest BCUT2D eigenvalue weighted by molar-refractivity contribution is 6.07. The highest BCUT2D eigenvalue weighted by Crippen LogP contribution is 2.47. The van der Waals surface area contributed by atoms with Gasteiger partial charge in [-0.05, 0) is 64.6 Å². The van der Waals surface area contributed by atoms with Crippen molar-refractivity contribution in [3.8, 4) is 0 Å². The SMILES string of the molecule is C=CCOC(=O)OCC[C@@H]1C(=O)N2C(C(=O)OCC=C)=C(c3cc(CNc4ccccn4)c4ccccc4c3)C[C@H]12. The summed E-state index contributed by atoms with van der Waals surface area (Å²) in [6, 6.07) is 17.6. The molecule has 0 spiro atoms. The molecule has 1 N–H and O–H groups in total. The van der Waals surface area contributed by atoms with Crippen molar-refractivity contribution in [2.45, 2.75) is 25.4 Å². The van der Waals surface area contributed by atoms with E-state index in [9.17, 15) is 14.4 Å². The van der Waals surface area contributed by atoms with Crippen molar-refractivity contribution in [2.24, 2.45) is 5.92 Å². The van der Waals surface area contributed by atoms with Crippen LogP contribution in [0.5, 0.6) is 0 Å². The number of amides is 1. The lowest BCUT2D eigenvalue weighted by Crippen LogP contribution is -2.58. The van der Waals surface area contributed by atoms with Gasteiger partial charge >= 0.3 is 12.1 Å². The van der Waals surface area contributed by atoms with Gasteiger partial charge in [-0.3, -0.25) is 4.79 Å². The van der Waals surface area contributed by atoms with Crippen LogP contribution in [0.4, 0.5) is 10.6 Å². The number of pyridine rings is 1. The molecule has 0 unspecified atom stereocenters. The molecule has 2 atom stereocenters. The first-order valence-corrected chi connectivity index (χ1v) is 13.4. The van der Waals surface area contributed by atoms with Crippen LogP contribution in [0.3, 0.4) is 0 Å². The molecule has 0 aliphatic carbocycles. The minimum absolute atomic E-state index is 0.0294. The van der Waals surface area contributed by atoms with Crippen LogP contribution >= 0.6 is 0 Å². The number of carbonyl (C=O) groups excluding carboxylic acids is 3. The van der Waals surface area contributed by atoms with E-state index in [0.717, 1.165) is 33.3 Å². The zero-order chi connectivity index (χ0) is 28.8. The average Bonchev–Trinajstić information content (AvgIpc) is 3.36. The van der Waals surface area contributed by atoms with Crippen molar-refractivity contribution in [1.29, 1.82) is 0 Å². The van der Waals surface area contributed by atoms with Crippen molar-refractivity contribution >= 4 is 40.2 Å². The van der Waals surface area contributed by atoms with Crippen molar-refractivity contribution < 1.29 is 28.6 Å². The summed E-state index contributed by atoms with van der Waals surface area (Å²) in [7, 11) is 0. The highest BCUT2D eigenvalue weighted by Gasteiger charge is 2.55. The molecule has 210 valence electrons. The number of anilines is 1. The van der Waals surface area contributed by atoms with E-state index >= 15 is 0 Å². The first-order valence-electron chi connectivity index (χ1n) is 13.4. The monoisotopic (exact) mass is 553 g/mol. The van der Waals surface area contributed by atoms with Gasteiger partial charge in [-0.2, -0.15) is 0 Å². The molecule has 2 aliphatic rings. The Balaban J connectivity index is 1.43. The normalized spacial score (nSPS) is 17.5.